The van der Waals surface area contributed by atoms with E-state index >= 15 is 0 Å². The minimum Gasteiger partial charge on any atom is -0.317 e. The van der Waals surface area contributed by atoms with E-state index in [4.69, 9.17) is 0 Å². The number of hydrogen-bond acceptors (Lipinski definition) is 2. The first-order valence-corrected chi connectivity index (χ1v) is 6.81. The van der Waals surface area contributed by atoms with Crippen molar-refractivity contribution >= 4 is 15.9 Å². The highest BCUT2D eigenvalue weighted by Gasteiger charge is 2.19. The van der Waals surface area contributed by atoms with Crippen LogP contribution in [0.15, 0.2) is 22.7 Å². The van der Waals surface area contributed by atoms with Crippen molar-refractivity contribution in [1.29, 1.82) is 0 Å². The van der Waals surface area contributed by atoms with Crippen LogP contribution in [0.4, 0.5) is 4.39 Å². The molecule has 0 spiro atoms. The average Bonchev–Trinajstić information content (AvgIpc) is 2.35. The smallest absolute Gasteiger partial charge is 0.128 e. The largest absolute Gasteiger partial charge is 0.317 e. The Bertz CT molecular complexity index is 357. The van der Waals surface area contributed by atoms with E-state index in [9.17, 15) is 4.39 Å². The number of rotatable bonds is 3. The van der Waals surface area contributed by atoms with E-state index in [-0.39, 0.29) is 5.82 Å². The molecule has 0 saturated carbocycles. The van der Waals surface area contributed by atoms with Crippen molar-refractivity contribution in [3.05, 3.63) is 34.1 Å². The van der Waals surface area contributed by atoms with Crippen LogP contribution in [0, 0.1) is 5.82 Å². The second-order valence-electron chi connectivity index (χ2n) is 4.60. The molecule has 1 heterocycles. The minimum absolute atomic E-state index is 0.125. The third kappa shape index (κ3) is 3.27. The van der Waals surface area contributed by atoms with Gasteiger partial charge in [0.25, 0.3) is 0 Å². The van der Waals surface area contributed by atoms with Crippen LogP contribution in [0.1, 0.15) is 18.4 Å². The molecule has 1 aromatic carbocycles. The summed E-state index contributed by atoms with van der Waals surface area (Å²) in [6, 6.07) is 5.71. The Morgan fingerprint density at radius 2 is 2.12 bits per heavy atom. The van der Waals surface area contributed by atoms with Crippen LogP contribution in [0.25, 0.3) is 0 Å². The zero-order valence-corrected chi connectivity index (χ0v) is 11.6. The fourth-order valence-corrected chi connectivity index (χ4v) is 2.78. The van der Waals surface area contributed by atoms with Crippen LogP contribution in [0.3, 0.4) is 0 Å². The molecular formula is C13H18BrFN2. The van der Waals surface area contributed by atoms with Gasteiger partial charge in [0.1, 0.15) is 5.82 Å². The lowest BCUT2D eigenvalue weighted by Gasteiger charge is -2.31. The Kier molecular flexibility index (Phi) is 4.54. The Labute approximate surface area is 110 Å². The van der Waals surface area contributed by atoms with Crippen LogP contribution in [-0.2, 0) is 6.54 Å². The predicted molar refractivity (Wildman–Crippen MR) is 71.5 cm³/mol. The van der Waals surface area contributed by atoms with E-state index in [1.54, 1.807) is 6.07 Å². The van der Waals surface area contributed by atoms with Gasteiger partial charge < -0.3 is 5.32 Å². The Balaban J connectivity index is 2.04. The van der Waals surface area contributed by atoms with E-state index in [0.29, 0.717) is 12.6 Å². The summed E-state index contributed by atoms with van der Waals surface area (Å²) >= 11 is 3.42. The first kappa shape index (κ1) is 13.0. The Hall–Kier alpha value is -0.450. The van der Waals surface area contributed by atoms with Gasteiger partial charge in [-0.3, -0.25) is 4.90 Å². The maximum absolute atomic E-state index is 13.7. The van der Waals surface area contributed by atoms with Crippen molar-refractivity contribution in [3.63, 3.8) is 0 Å². The first-order valence-electron chi connectivity index (χ1n) is 6.02. The van der Waals surface area contributed by atoms with Crippen molar-refractivity contribution in [1.82, 2.24) is 10.2 Å². The van der Waals surface area contributed by atoms with Crippen molar-refractivity contribution in [2.75, 3.05) is 20.1 Å². The van der Waals surface area contributed by atoms with Crippen LogP contribution in [0.2, 0.25) is 0 Å². The molecular weight excluding hydrogens is 283 g/mol. The quantitative estimate of drug-likeness (QED) is 0.923. The molecule has 0 bridgehead atoms. The van der Waals surface area contributed by atoms with Crippen LogP contribution < -0.4 is 5.32 Å². The maximum Gasteiger partial charge on any atom is 0.128 e. The molecule has 1 saturated heterocycles. The summed E-state index contributed by atoms with van der Waals surface area (Å²) < 4.78 is 14.6. The molecule has 2 nitrogen and oxygen atoms in total. The maximum atomic E-state index is 13.7. The topological polar surface area (TPSA) is 15.3 Å². The molecule has 0 atom stereocenters. The molecule has 4 heteroatoms. The second kappa shape index (κ2) is 5.94. The lowest BCUT2D eigenvalue weighted by molar-refractivity contribution is 0.189. The normalized spacial score (nSPS) is 17.6. The molecule has 94 valence electrons. The molecule has 1 aliphatic rings. The van der Waals surface area contributed by atoms with Gasteiger partial charge in [-0.25, -0.2) is 4.39 Å². The summed E-state index contributed by atoms with van der Waals surface area (Å²) in [4.78, 5) is 2.25. The molecule has 1 aromatic rings. The molecule has 0 aliphatic carbocycles. The van der Waals surface area contributed by atoms with Gasteiger partial charge in [-0.2, -0.15) is 0 Å². The second-order valence-corrected chi connectivity index (χ2v) is 5.45. The molecule has 1 N–H and O–H groups in total. The third-order valence-electron chi connectivity index (χ3n) is 3.40. The van der Waals surface area contributed by atoms with Gasteiger partial charge in [0.05, 0.1) is 0 Å². The summed E-state index contributed by atoms with van der Waals surface area (Å²) in [6.45, 7) is 2.79. The highest BCUT2D eigenvalue weighted by Crippen LogP contribution is 2.22. The molecule has 17 heavy (non-hydrogen) atoms. The van der Waals surface area contributed by atoms with E-state index in [0.717, 1.165) is 36.0 Å². The summed E-state index contributed by atoms with van der Waals surface area (Å²) in [5.74, 6) is -0.125. The number of halogens is 2. The summed E-state index contributed by atoms with van der Waals surface area (Å²) in [5, 5.41) is 3.35. The molecule has 0 unspecified atom stereocenters. The molecule has 1 aliphatic heterocycles. The van der Waals surface area contributed by atoms with Crippen LogP contribution >= 0.6 is 15.9 Å². The Morgan fingerprint density at radius 3 is 2.76 bits per heavy atom. The van der Waals surface area contributed by atoms with Gasteiger partial charge in [0.15, 0.2) is 0 Å². The fourth-order valence-electron chi connectivity index (χ4n) is 2.31. The van der Waals surface area contributed by atoms with Crippen molar-refractivity contribution < 1.29 is 4.39 Å². The number of nitrogens with zero attached hydrogens (tertiary/aromatic N) is 1. The third-order valence-corrected chi connectivity index (χ3v) is 4.14. The fraction of sp³-hybridized carbons (Fsp3) is 0.538. The summed E-state index contributed by atoms with van der Waals surface area (Å²) in [6.07, 6.45) is 2.28. The van der Waals surface area contributed by atoms with Gasteiger partial charge in [-0.15, -0.1) is 0 Å². The number of piperidine rings is 1. The van der Waals surface area contributed by atoms with Crippen molar-refractivity contribution in [2.24, 2.45) is 0 Å². The van der Waals surface area contributed by atoms with E-state index in [1.165, 1.54) is 6.07 Å². The van der Waals surface area contributed by atoms with E-state index in [2.05, 4.69) is 33.2 Å². The van der Waals surface area contributed by atoms with Gasteiger partial charge in [-0.1, -0.05) is 22.0 Å². The van der Waals surface area contributed by atoms with Crippen LogP contribution in [-0.4, -0.2) is 31.1 Å². The lowest BCUT2D eigenvalue weighted by atomic mass is 10.0. The van der Waals surface area contributed by atoms with Crippen LogP contribution in [0.5, 0.6) is 0 Å². The van der Waals surface area contributed by atoms with Crippen molar-refractivity contribution in [3.8, 4) is 0 Å². The SMILES string of the molecule is CN(Cc1c(F)cccc1Br)C1CCNCC1. The zero-order chi connectivity index (χ0) is 12.3. The predicted octanol–water partition coefficient (Wildman–Crippen LogP) is 2.77. The highest BCUT2D eigenvalue weighted by molar-refractivity contribution is 9.10. The number of hydrogen-bond donors (Lipinski definition) is 1. The molecule has 2 rings (SSSR count). The van der Waals surface area contributed by atoms with Crippen molar-refractivity contribution in [2.45, 2.75) is 25.4 Å². The number of nitrogens with one attached hydrogen (secondary N) is 1. The van der Waals surface area contributed by atoms with Gasteiger partial charge in [0, 0.05) is 22.6 Å². The zero-order valence-electron chi connectivity index (χ0n) is 10.0. The van der Waals surface area contributed by atoms with Gasteiger partial charge >= 0.3 is 0 Å². The minimum atomic E-state index is -0.125. The summed E-state index contributed by atoms with van der Waals surface area (Å²) in [7, 11) is 2.08. The molecule has 0 aromatic heterocycles. The highest BCUT2D eigenvalue weighted by atomic mass is 79.9. The Morgan fingerprint density at radius 1 is 1.41 bits per heavy atom. The monoisotopic (exact) mass is 300 g/mol. The molecule has 1 fully saturated rings. The van der Waals surface area contributed by atoms with Gasteiger partial charge in [-0.05, 0) is 45.1 Å². The lowest BCUT2D eigenvalue weighted by Crippen LogP contribution is -2.40. The van der Waals surface area contributed by atoms with E-state index in [1.807, 2.05) is 6.07 Å². The first-order chi connectivity index (χ1) is 8.18. The molecule has 0 radical (unpaired) electrons. The molecule has 0 amide bonds. The summed E-state index contributed by atoms with van der Waals surface area (Å²) in [5.41, 5.74) is 0.758. The average molecular weight is 301 g/mol. The standard InChI is InChI=1S/C13H18BrFN2/c1-17(10-5-7-16-8-6-10)9-11-12(14)3-2-4-13(11)15/h2-4,10,16H,5-9H2,1H3. The van der Waals surface area contributed by atoms with Gasteiger partial charge in [0.2, 0.25) is 0 Å². The number of benzene rings is 1. The van der Waals surface area contributed by atoms with E-state index < -0.39 is 0 Å².